The number of aliphatic carboxylic acids is 1. The lowest BCUT2D eigenvalue weighted by Gasteiger charge is -2.34. The minimum atomic E-state index is -0.805. The van der Waals surface area contributed by atoms with Gasteiger partial charge in [-0.05, 0) is 24.0 Å². The van der Waals surface area contributed by atoms with E-state index in [1.807, 2.05) is 26.0 Å². The average molecular weight is 249 g/mol. The number of aryl methyl sites for hydroxylation is 1. The second-order valence-corrected chi connectivity index (χ2v) is 5.05. The molecular formula is C15H23NO2. The number of benzene rings is 1. The Labute approximate surface area is 109 Å². The van der Waals surface area contributed by atoms with Gasteiger partial charge >= 0.3 is 5.97 Å². The molecule has 0 aromatic heterocycles. The lowest BCUT2D eigenvalue weighted by atomic mass is 9.72. The molecule has 2 unspecified atom stereocenters. The Kier molecular flexibility index (Phi) is 4.91. The predicted molar refractivity (Wildman–Crippen MR) is 73.7 cm³/mol. The number of rotatable bonds is 6. The maximum atomic E-state index is 11.1. The molecule has 3 nitrogen and oxygen atoms in total. The van der Waals surface area contributed by atoms with E-state index in [0.717, 1.165) is 18.4 Å². The lowest BCUT2D eigenvalue weighted by Crippen LogP contribution is -2.44. The fourth-order valence-electron chi connectivity index (χ4n) is 2.33. The molecule has 1 aromatic rings. The summed E-state index contributed by atoms with van der Waals surface area (Å²) >= 11 is 0. The van der Waals surface area contributed by atoms with Crippen LogP contribution in [0.2, 0.25) is 0 Å². The summed E-state index contributed by atoms with van der Waals surface area (Å²) in [6.07, 6.45) is 1.81. The molecular weight excluding hydrogens is 226 g/mol. The summed E-state index contributed by atoms with van der Waals surface area (Å²) in [7, 11) is 0. The van der Waals surface area contributed by atoms with Crippen LogP contribution >= 0.6 is 0 Å². The van der Waals surface area contributed by atoms with Crippen LogP contribution in [-0.2, 0) is 16.6 Å². The van der Waals surface area contributed by atoms with Gasteiger partial charge < -0.3 is 10.8 Å². The molecule has 0 spiro atoms. The monoisotopic (exact) mass is 249 g/mol. The Hall–Kier alpha value is -1.35. The summed E-state index contributed by atoms with van der Waals surface area (Å²) in [5, 5.41) is 9.10. The van der Waals surface area contributed by atoms with Crippen molar-refractivity contribution in [3.8, 4) is 0 Å². The van der Waals surface area contributed by atoms with Gasteiger partial charge in [-0.15, -0.1) is 0 Å². The van der Waals surface area contributed by atoms with Gasteiger partial charge in [0.15, 0.2) is 0 Å². The van der Waals surface area contributed by atoms with Crippen molar-refractivity contribution >= 4 is 5.97 Å². The first-order valence-corrected chi connectivity index (χ1v) is 6.50. The van der Waals surface area contributed by atoms with Crippen LogP contribution in [0.5, 0.6) is 0 Å². The minimum absolute atomic E-state index is 0.0630. The van der Waals surface area contributed by atoms with Crippen LogP contribution in [0.15, 0.2) is 24.3 Å². The zero-order valence-electron chi connectivity index (χ0n) is 11.4. The van der Waals surface area contributed by atoms with Gasteiger partial charge in [0, 0.05) is 11.5 Å². The van der Waals surface area contributed by atoms with Gasteiger partial charge in [-0.3, -0.25) is 4.79 Å². The highest BCUT2D eigenvalue weighted by molar-refractivity contribution is 5.69. The maximum absolute atomic E-state index is 11.1. The first-order valence-electron chi connectivity index (χ1n) is 6.50. The Morgan fingerprint density at radius 1 is 1.33 bits per heavy atom. The Bertz CT molecular complexity index is 399. The highest BCUT2D eigenvalue weighted by Gasteiger charge is 2.35. The van der Waals surface area contributed by atoms with Crippen LogP contribution < -0.4 is 5.73 Å². The second-order valence-electron chi connectivity index (χ2n) is 5.05. The molecule has 0 aliphatic heterocycles. The third-order valence-corrected chi connectivity index (χ3v) is 3.80. The number of nitrogens with two attached hydrogens (primary N) is 1. The summed E-state index contributed by atoms with van der Waals surface area (Å²) in [5.74, 6) is -0.805. The summed E-state index contributed by atoms with van der Waals surface area (Å²) in [6, 6.07) is 7.98. The molecule has 18 heavy (non-hydrogen) atoms. The molecule has 2 atom stereocenters. The zero-order chi connectivity index (χ0) is 13.8. The van der Waals surface area contributed by atoms with Gasteiger partial charge in [-0.2, -0.15) is 0 Å². The van der Waals surface area contributed by atoms with E-state index < -0.39 is 11.4 Å². The third kappa shape index (κ3) is 3.10. The van der Waals surface area contributed by atoms with Crippen molar-refractivity contribution in [2.75, 3.05) is 0 Å². The average Bonchev–Trinajstić information content (AvgIpc) is 2.36. The predicted octanol–water partition coefficient (Wildman–Crippen LogP) is 2.72. The standard InChI is InChI=1S/C15H23NO2/c1-4-11-6-8-12(9-7-11)15(3,10-14(17)18)13(16)5-2/h6-9,13H,4-5,10,16H2,1-3H3,(H,17,18). The topological polar surface area (TPSA) is 63.3 Å². The normalized spacial score (nSPS) is 16.0. The van der Waals surface area contributed by atoms with Crippen LogP contribution in [0.25, 0.3) is 0 Å². The van der Waals surface area contributed by atoms with Crippen molar-refractivity contribution in [3.05, 3.63) is 35.4 Å². The Morgan fingerprint density at radius 3 is 2.28 bits per heavy atom. The Balaban J connectivity index is 3.11. The fraction of sp³-hybridized carbons (Fsp3) is 0.533. The van der Waals surface area contributed by atoms with Crippen LogP contribution in [-0.4, -0.2) is 17.1 Å². The van der Waals surface area contributed by atoms with Crippen LogP contribution in [0.1, 0.15) is 44.7 Å². The van der Waals surface area contributed by atoms with Crippen molar-refractivity contribution in [1.29, 1.82) is 0 Å². The van der Waals surface area contributed by atoms with E-state index in [1.165, 1.54) is 5.56 Å². The smallest absolute Gasteiger partial charge is 0.304 e. The van der Waals surface area contributed by atoms with Crippen molar-refractivity contribution in [2.45, 2.75) is 51.5 Å². The lowest BCUT2D eigenvalue weighted by molar-refractivity contribution is -0.138. The molecule has 0 fully saturated rings. The zero-order valence-corrected chi connectivity index (χ0v) is 11.4. The fourth-order valence-corrected chi connectivity index (χ4v) is 2.33. The summed E-state index contributed by atoms with van der Waals surface area (Å²) < 4.78 is 0. The highest BCUT2D eigenvalue weighted by atomic mass is 16.4. The van der Waals surface area contributed by atoms with Crippen molar-refractivity contribution in [3.63, 3.8) is 0 Å². The first-order chi connectivity index (χ1) is 8.43. The van der Waals surface area contributed by atoms with E-state index in [2.05, 4.69) is 19.1 Å². The first kappa shape index (κ1) is 14.7. The minimum Gasteiger partial charge on any atom is -0.481 e. The SMILES string of the molecule is CCc1ccc(C(C)(CC(=O)O)C(N)CC)cc1. The molecule has 0 bridgehead atoms. The van der Waals surface area contributed by atoms with Crippen molar-refractivity contribution in [1.82, 2.24) is 0 Å². The number of hydrogen-bond donors (Lipinski definition) is 2. The van der Waals surface area contributed by atoms with Crippen LogP contribution in [0.3, 0.4) is 0 Å². The molecule has 0 aliphatic carbocycles. The van der Waals surface area contributed by atoms with Gasteiger partial charge in [0.25, 0.3) is 0 Å². The number of carboxylic acid groups (broad SMARTS) is 1. The van der Waals surface area contributed by atoms with E-state index in [1.54, 1.807) is 0 Å². The summed E-state index contributed by atoms with van der Waals surface area (Å²) in [4.78, 5) is 11.1. The summed E-state index contributed by atoms with van der Waals surface area (Å²) in [6.45, 7) is 6.03. The number of carboxylic acids is 1. The van der Waals surface area contributed by atoms with Gasteiger partial charge in [-0.1, -0.05) is 45.0 Å². The molecule has 0 heterocycles. The van der Waals surface area contributed by atoms with E-state index in [9.17, 15) is 4.79 Å². The maximum Gasteiger partial charge on any atom is 0.304 e. The molecule has 1 aromatic carbocycles. The van der Waals surface area contributed by atoms with E-state index in [0.29, 0.717) is 0 Å². The van der Waals surface area contributed by atoms with Gasteiger partial charge in [0.05, 0.1) is 6.42 Å². The van der Waals surface area contributed by atoms with Gasteiger partial charge in [-0.25, -0.2) is 0 Å². The highest BCUT2D eigenvalue weighted by Crippen LogP contribution is 2.32. The molecule has 0 radical (unpaired) electrons. The van der Waals surface area contributed by atoms with E-state index in [4.69, 9.17) is 10.8 Å². The Morgan fingerprint density at radius 2 is 1.89 bits per heavy atom. The molecule has 0 aliphatic rings. The largest absolute Gasteiger partial charge is 0.481 e. The van der Waals surface area contributed by atoms with E-state index >= 15 is 0 Å². The molecule has 3 N–H and O–H groups in total. The van der Waals surface area contributed by atoms with E-state index in [-0.39, 0.29) is 12.5 Å². The summed E-state index contributed by atoms with van der Waals surface area (Å²) in [5.41, 5.74) is 7.89. The molecule has 0 saturated heterocycles. The molecule has 0 saturated carbocycles. The molecule has 0 amide bonds. The van der Waals surface area contributed by atoms with Crippen molar-refractivity contribution < 1.29 is 9.90 Å². The number of hydrogen-bond acceptors (Lipinski definition) is 2. The van der Waals surface area contributed by atoms with Crippen molar-refractivity contribution in [2.24, 2.45) is 5.73 Å². The van der Waals surface area contributed by atoms with Crippen LogP contribution in [0, 0.1) is 0 Å². The molecule has 1 rings (SSSR count). The molecule has 3 heteroatoms. The number of carbonyl (C=O) groups is 1. The second kappa shape index (κ2) is 6.01. The molecule has 100 valence electrons. The third-order valence-electron chi connectivity index (χ3n) is 3.80. The quantitative estimate of drug-likeness (QED) is 0.814. The van der Waals surface area contributed by atoms with Gasteiger partial charge in [0.1, 0.15) is 0 Å². The van der Waals surface area contributed by atoms with Crippen LogP contribution in [0.4, 0.5) is 0 Å². The van der Waals surface area contributed by atoms with Gasteiger partial charge in [0.2, 0.25) is 0 Å².